The molecule has 0 spiro atoms. The molecule has 1 rings (SSSR count). The Kier molecular flexibility index (Phi) is 3.06. The van der Waals surface area contributed by atoms with Gasteiger partial charge in [-0.25, -0.2) is 0 Å². The largest absolute Gasteiger partial charge is 0.376 e. The van der Waals surface area contributed by atoms with Gasteiger partial charge in [0.25, 0.3) is 0 Å². The zero-order valence-corrected chi connectivity index (χ0v) is 7.30. The number of ether oxygens (including phenoxy) is 1. The summed E-state index contributed by atoms with van der Waals surface area (Å²) in [4.78, 5) is 10.8. The highest BCUT2D eigenvalue weighted by Crippen LogP contribution is 2.18. The Morgan fingerprint density at radius 3 is 2.36 bits per heavy atom. The summed E-state index contributed by atoms with van der Waals surface area (Å²) in [6.07, 6.45) is 3.93. The van der Waals surface area contributed by atoms with Crippen LogP contribution in [0.5, 0.6) is 0 Å². The molecule has 0 aromatic heterocycles. The molecule has 0 heterocycles. The molecule has 0 saturated heterocycles. The summed E-state index contributed by atoms with van der Waals surface area (Å²) >= 11 is 0. The van der Waals surface area contributed by atoms with E-state index in [1.54, 1.807) is 0 Å². The molecule has 0 bridgehead atoms. The lowest BCUT2D eigenvalue weighted by Crippen LogP contribution is -2.24. The lowest BCUT2D eigenvalue weighted by Gasteiger charge is -2.23. The zero-order chi connectivity index (χ0) is 8.27. The molecule has 0 aromatic carbocycles. The molecule has 1 saturated carbocycles. The van der Waals surface area contributed by atoms with Crippen LogP contribution in [0.15, 0.2) is 0 Å². The van der Waals surface area contributed by atoms with E-state index in [0.717, 1.165) is 25.7 Å². The third-order valence-electron chi connectivity index (χ3n) is 1.95. The number of carbonyl (C=O) groups excluding carboxylic acids is 1. The molecule has 0 N–H and O–H groups in total. The third kappa shape index (κ3) is 3.02. The van der Waals surface area contributed by atoms with E-state index in [0.29, 0.717) is 18.0 Å². The van der Waals surface area contributed by atoms with Gasteiger partial charge in [-0.3, -0.25) is 4.79 Å². The molecule has 1 fully saturated rings. The fourth-order valence-corrected chi connectivity index (χ4v) is 1.43. The van der Waals surface area contributed by atoms with Gasteiger partial charge in [0.1, 0.15) is 5.78 Å². The van der Waals surface area contributed by atoms with Gasteiger partial charge in [0.2, 0.25) is 0 Å². The highest BCUT2D eigenvalue weighted by molar-refractivity contribution is 5.79. The first kappa shape index (κ1) is 8.72. The number of Topliss-reactive ketones (excluding diaryl/α,β-unsaturated/α-hetero) is 1. The van der Waals surface area contributed by atoms with Gasteiger partial charge in [0.05, 0.1) is 12.2 Å². The van der Waals surface area contributed by atoms with Crippen molar-refractivity contribution in [3.63, 3.8) is 0 Å². The Morgan fingerprint density at radius 2 is 1.91 bits per heavy atom. The van der Waals surface area contributed by atoms with Gasteiger partial charge in [-0.15, -0.1) is 0 Å². The van der Waals surface area contributed by atoms with Gasteiger partial charge < -0.3 is 4.74 Å². The summed E-state index contributed by atoms with van der Waals surface area (Å²) in [5, 5.41) is 0. The van der Waals surface area contributed by atoms with Crippen molar-refractivity contribution in [2.75, 3.05) is 0 Å². The van der Waals surface area contributed by atoms with Crippen LogP contribution in [-0.2, 0) is 9.53 Å². The second kappa shape index (κ2) is 3.86. The first-order chi connectivity index (χ1) is 5.18. The quantitative estimate of drug-likeness (QED) is 0.610. The van der Waals surface area contributed by atoms with E-state index in [4.69, 9.17) is 4.74 Å². The number of ketones is 1. The smallest absolute Gasteiger partial charge is 0.133 e. The van der Waals surface area contributed by atoms with Gasteiger partial charge in [-0.2, -0.15) is 0 Å². The van der Waals surface area contributed by atoms with Crippen LogP contribution in [0.4, 0.5) is 0 Å². The maximum atomic E-state index is 10.8. The van der Waals surface area contributed by atoms with E-state index in [-0.39, 0.29) is 0 Å². The molecule has 0 aromatic rings. The molecule has 2 heteroatoms. The van der Waals surface area contributed by atoms with Crippen molar-refractivity contribution >= 4 is 5.78 Å². The summed E-state index contributed by atoms with van der Waals surface area (Å²) in [5.74, 6) is 0.397. The van der Waals surface area contributed by atoms with Gasteiger partial charge in [-0.1, -0.05) is 0 Å². The predicted molar refractivity (Wildman–Crippen MR) is 43.5 cm³/mol. The van der Waals surface area contributed by atoms with E-state index in [1.165, 1.54) is 0 Å². The topological polar surface area (TPSA) is 26.3 Å². The molecule has 0 aliphatic heterocycles. The maximum Gasteiger partial charge on any atom is 0.133 e. The highest BCUT2D eigenvalue weighted by Gasteiger charge is 2.19. The SMILES string of the molecule is CC(C)OC1CCC(=O)CC1. The van der Waals surface area contributed by atoms with Crippen molar-refractivity contribution in [3.05, 3.63) is 0 Å². The van der Waals surface area contributed by atoms with Crippen molar-refractivity contribution in [1.29, 1.82) is 0 Å². The van der Waals surface area contributed by atoms with Crippen molar-refractivity contribution in [1.82, 2.24) is 0 Å². The molecular weight excluding hydrogens is 140 g/mol. The van der Waals surface area contributed by atoms with E-state index >= 15 is 0 Å². The van der Waals surface area contributed by atoms with Gasteiger partial charge in [-0.05, 0) is 26.7 Å². The highest BCUT2D eigenvalue weighted by atomic mass is 16.5. The minimum Gasteiger partial charge on any atom is -0.376 e. The summed E-state index contributed by atoms with van der Waals surface area (Å²) in [6, 6.07) is 0. The van der Waals surface area contributed by atoms with Gasteiger partial charge in [0.15, 0.2) is 0 Å². The Hall–Kier alpha value is -0.370. The molecule has 0 unspecified atom stereocenters. The third-order valence-corrected chi connectivity index (χ3v) is 1.95. The summed E-state index contributed by atoms with van der Waals surface area (Å²) in [6.45, 7) is 4.08. The molecule has 0 radical (unpaired) electrons. The van der Waals surface area contributed by atoms with Crippen molar-refractivity contribution in [2.45, 2.75) is 51.7 Å². The van der Waals surface area contributed by atoms with Crippen LogP contribution in [0.25, 0.3) is 0 Å². The summed E-state index contributed by atoms with van der Waals surface area (Å²) in [7, 11) is 0. The van der Waals surface area contributed by atoms with Crippen LogP contribution in [0.3, 0.4) is 0 Å². The molecule has 0 amide bonds. The average Bonchev–Trinajstić information content (AvgIpc) is 1.93. The Balaban J connectivity index is 2.22. The average molecular weight is 156 g/mol. The first-order valence-corrected chi connectivity index (χ1v) is 4.35. The van der Waals surface area contributed by atoms with Crippen LogP contribution < -0.4 is 0 Å². The van der Waals surface area contributed by atoms with Gasteiger partial charge in [0, 0.05) is 12.8 Å². The van der Waals surface area contributed by atoms with Gasteiger partial charge >= 0.3 is 0 Å². The van der Waals surface area contributed by atoms with E-state index in [2.05, 4.69) is 0 Å². The lowest BCUT2D eigenvalue weighted by atomic mass is 9.96. The number of hydrogen-bond acceptors (Lipinski definition) is 2. The minimum absolute atomic E-state index is 0.299. The molecule has 1 aliphatic rings. The number of rotatable bonds is 2. The Labute approximate surface area is 67.9 Å². The standard InChI is InChI=1S/C9H16O2/c1-7(2)11-9-5-3-8(10)4-6-9/h7,9H,3-6H2,1-2H3. The second-order valence-corrected chi connectivity index (χ2v) is 3.42. The van der Waals surface area contributed by atoms with Crippen molar-refractivity contribution < 1.29 is 9.53 Å². The summed E-state index contributed by atoms with van der Waals surface area (Å²) < 4.78 is 5.59. The fraction of sp³-hybridized carbons (Fsp3) is 0.889. The van der Waals surface area contributed by atoms with Crippen LogP contribution in [0.2, 0.25) is 0 Å². The summed E-state index contributed by atoms with van der Waals surface area (Å²) in [5.41, 5.74) is 0. The molecule has 64 valence electrons. The minimum atomic E-state index is 0.299. The van der Waals surface area contributed by atoms with Crippen LogP contribution in [-0.4, -0.2) is 18.0 Å². The lowest BCUT2D eigenvalue weighted by molar-refractivity contribution is -0.123. The van der Waals surface area contributed by atoms with Crippen LogP contribution in [0, 0.1) is 0 Å². The molecule has 0 atom stereocenters. The van der Waals surface area contributed by atoms with E-state index in [1.807, 2.05) is 13.8 Å². The van der Waals surface area contributed by atoms with E-state index < -0.39 is 0 Å². The number of hydrogen-bond donors (Lipinski definition) is 0. The maximum absolute atomic E-state index is 10.8. The molecule has 11 heavy (non-hydrogen) atoms. The van der Waals surface area contributed by atoms with Crippen molar-refractivity contribution in [3.8, 4) is 0 Å². The fourth-order valence-electron chi connectivity index (χ4n) is 1.43. The zero-order valence-electron chi connectivity index (χ0n) is 7.30. The first-order valence-electron chi connectivity index (χ1n) is 4.35. The van der Waals surface area contributed by atoms with Crippen LogP contribution in [0.1, 0.15) is 39.5 Å². The predicted octanol–water partition coefficient (Wildman–Crippen LogP) is 1.92. The Morgan fingerprint density at radius 1 is 1.36 bits per heavy atom. The van der Waals surface area contributed by atoms with Crippen LogP contribution >= 0.6 is 0 Å². The van der Waals surface area contributed by atoms with E-state index in [9.17, 15) is 4.79 Å². The molecular formula is C9H16O2. The van der Waals surface area contributed by atoms with Crippen molar-refractivity contribution in [2.24, 2.45) is 0 Å². The monoisotopic (exact) mass is 156 g/mol. The molecule has 1 aliphatic carbocycles. The second-order valence-electron chi connectivity index (χ2n) is 3.42. The Bertz CT molecular complexity index is 130. The number of carbonyl (C=O) groups is 1. The normalized spacial score (nSPS) is 21.2. The molecule has 2 nitrogen and oxygen atoms in total.